The van der Waals surface area contributed by atoms with Gasteiger partial charge in [-0.05, 0) is 99.9 Å². The highest BCUT2D eigenvalue weighted by atomic mass is 127. The number of carbonyl (C=O) groups is 1. The molecule has 0 bridgehead atoms. The van der Waals surface area contributed by atoms with Crippen LogP contribution in [0.2, 0.25) is 0 Å². The van der Waals surface area contributed by atoms with E-state index in [1.165, 1.54) is 15.9 Å². The van der Waals surface area contributed by atoms with Crippen molar-refractivity contribution in [3.8, 4) is 23.3 Å². The third-order valence-electron chi connectivity index (χ3n) is 7.07. The van der Waals surface area contributed by atoms with Crippen molar-refractivity contribution in [2.45, 2.75) is 26.5 Å². The van der Waals surface area contributed by atoms with Crippen LogP contribution in [0.15, 0.2) is 80.1 Å². The quantitative estimate of drug-likeness (QED) is 0.159. The minimum atomic E-state index is -0.758. The molecule has 0 aliphatic carbocycles. The van der Waals surface area contributed by atoms with Crippen LogP contribution in [-0.4, -0.2) is 31.4 Å². The van der Waals surface area contributed by atoms with Gasteiger partial charge in [0.25, 0.3) is 5.56 Å². The summed E-state index contributed by atoms with van der Waals surface area (Å²) in [5, 5.41) is 9.42. The van der Waals surface area contributed by atoms with Crippen LogP contribution in [-0.2, 0) is 16.1 Å². The molecule has 0 saturated heterocycles. The lowest BCUT2D eigenvalue weighted by Crippen LogP contribution is -2.40. The Balaban J connectivity index is 1.59. The number of nitriles is 1. The Labute approximate surface area is 285 Å². The molecule has 1 unspecified atom stereocenters. The Hall–Kier alpha value is -3.93. The summed E-state index contributed by atoms with van der Waals surface area (Å²) in [7, 11) is 3.12. The summed E-state index contributed by atoms with van der Waals surface area (Å²) in [6.45, 7) is 3.86. The molecule has 230 valence electrons. The van der Waals surface area contributed by atoms with Crippen molar-refractivity contribution in [1.82, 2.24) is 4.57 Å². The molecule has 0 spiro atoms. The zero-order chi connectivity index (χ0) is 32.2. The molecule has 9 nitrogen and oxygen atoms in total. The minimum Gasteiger partial charge on any atom is -0.496 e. The summed E-state index contributed by atoms with van der Waals surface area (Å²) in [6, 6.07) is 17.8. The third-order valence-corrected chi connectivity index (χ3v) is 9.47. The molecule has 0 saturated carbocycles. The molecule has 0 radical (unpaired) electrons. The van der Waals surface area contributed by atoms with Crippen LogP contribution in [0.25, 0.3) is 6.08 Å². The highest BCUT2D eigenvalue weighted by Crippen LogP contribution is 2.36. The number of rotatable bonds is 9. The fourth-order valence-electron chi connectivity index (χ4n) is 4.98. The van der Waals surface area contributed by atoms with E-state index in [1.54, 1.807) is 52.3 Å². The van der Waals surface area contributed by atoms with Crippen LogP contribution < -0.4 is 29.1 Å². The molecule has 2 heterocycles. The molecule has 0 amide bonds. The second kappa shape index (κ2) is 14.0. The maximum absolute atomic E-state index is 14.1. The van der Waals surface area contributed by atoms with Gasteiger partial charge in [0.1, 0.15) is 12.4 Å². The number of allylic oxidation sites excluding steroid dienone is 1. The van der Waals surface area contributed by atoms with E-state index in [2.05, 4.69) is 49.6 Å². The highest BCUT2D eigenvalue weighted by Gasteiger charge is 2.33. The van der Waals surface area contributed by atoms with Crippen LogP contribution in [0.5, 0.6) is 17.2 Å². The minimum absolute atomic E-state index is 0.185. The average molecular weight is 800 g/mol. The molecule has 0 N–H and O–H groups in total. The Kier molecular flexibility index (Phi) is 10.1. The largest absolute Gasteiger partial charge is 0.496 e. The molecule has 3 aromatic carbocycles. The van der Waals surface area contributed by atoms with Crippen molar-refractivity contribution in [2.75, 3.05) is 20.8 Å². The van der Waals surface area contributed by atoms with E-state index >= 15 is 0 Å². The number of hydrogen-bond acceptors (Lipinski definition) is 9. The molecule has 1 aliphatic rings. The second-order valence-corrected chi connectivity index (χ2v) is 12.8. The molecule has 0 fully saturated rings. The number of hydrogen-bond donors (Lipinski definition) is 0. The molecular weight excluding hydrogens is 773 g/mol. The first-order valence-electron chi connectivity index (χ1n) is 13.7. The van der Waals surface area contributed by atoms with Crippen LogP contribution in [0, 0.1) is 14.9 Å². The van der Waals surface area contributed by atoms with Gasteiger partial charge in [-0.25, -0.2) is 9.79 Å². The molecular formula is C33H27BrIN3O6S. The SMILES string of the molecule is CCOC(=O)C1=C(C)N=c2s/c(=C/c3cc(I)c(OCc4ccccc4C#N)c(OC)c3)c(=O)n2C1c1ccc(OC)c(Br)c1. The van der Waals surface area contributed by atoms with E-state index in [-0.39, 0.29) is 18.8 Å². The first-order valence-corrected chi connectivity index (χ1v) is 16.4. The van der Waals surface area contributed by atoms with Gasteiger partial charge in [0.15, 0.2) is 16.3 Å². The summed E-state index contributed by atoms with van der Waals surface area (Å²) >= 11 is 6.93. The van der Waals surface area contributed by atoms with Crippen molar-refractivity contribution in [3.05, 3.63) is 116 Å². The Morgan fingerprint density at radius 1 is 1.16 bits per heavy atom. The van der Waals surface area contributed by atoms with Gasteiger partial charge in [-0.1, -0.05) is 35.6 Å². The number of carbonyl (C=O) groups excluding carboxylic acids is 1. The number of nitrogens with zero attached hydrogens (tertiary/aromatic N) is 3. The average Bonchev–Trinajstić information content (AvgIpc) is 3.33. The zero-order valence-electron chi connectivity index (χ0n) is 24.7. The van der Waals surface area contributed by atoms with Crippen LogP contribution in [0.4, 0.5) is 0 Å². The smallest absolute Gasteiger partial charge is 0.338 e. The summed E-state index contributed by atoms with van der Waals surface area (Å²) in [5.74, 6) is 1.10. The van der Waals surface area contributed by atoms with Crippen LogP contribution >= 0.6 is 49.9 Å². The first kappa shape index (κ1) is 32.5. The van der Waals surface area contributed by atoms with Gasteiger partial charge in [-0.2, -0.15) is 5.26 Å². The molecule has 4 aromatic rings. The standard InChI is InChI=1S/C33H27BrIN3O6S/c1-5-43-32(40)28-18(2)37-33-38(29(28)20-10-11-25(41-3)23(34)15-20)31(39)27(45-33)14-19-12-24(35)30(26(13-19)42-4)44-17-22-9-7-6-8-21(22)16-36/h6-15,29H,5,17H2,1-4H3/b27-14+. The zero-order valence-corrected chi connectivity index (χ0v) is 29.3. The summed E-state index contributed by atoms with van der Waals surface area (Å²) in [5.41, 5.74) is 3.20. The molecule has 45 heavy (non-hydrogen) atoms. The lowest BCUT2D eigenvalue weighted by Gasteiger charge is -2.25. The van der Waals surface area contributed by atoms with Crippen molar-refractivity contribution in [3.63, 3.8) is 0 Å². The number of benzene rings is 3. The van der Waals surface area contributed by atoms with E-state index in [1.807, 2.05) is 36.4 Å². The summed E-state index contributed by atoms with van der Waals surface area (Å²) in [4.78, 5) is 32.4. The Morgan fingerprint density at radius 2 is 1.91 bits per heavy atom. The van der Waals surface area contributed by atoms with Gasteiger partial charge in [0.05, 0.1) is 62.3 Å². The van der Waals surface area contributed by atoms with E-state index in [4.69, 9.17) is 18.9 Å². The monoisotopic (exact) mass is 799 g/mol. The molecule has 1 atom stereocenters. The van der Waals surface area contributed by atoms with E-state index in [9.17, 15) is 14.9 Å². The van der Waals surface area contributed by atoms with Gasteiger partial charge < -0.3 is 18.9 Å². The number of thiazole rings is 1. The van der Waals surface area contributed by atoms with Gasteiger partial charge in [-0.3, -0.25) is 9.36 Å². The van der Waals surface area contributed by atoms with Crippen LogP contribution in [0.3, 0.4) is 0 Å². The number of ether oxygens (including phenoxy) is 4. The highest BCUT2D eigenvalue weighted by molar-refractivity contribution is 14.1. The van der Waals surface area contributed by atoms with Gasteiger partial charge in [0.2, 0.25) is 0 Å². The fourth-order valence-corrected chi connectivity index (χ4v) is 7.37. The Morgan fingerprint density at radius 3 is 2.60 bits per heavy atom. The van der Waals surface area contributed by atoms with Crippen LogP contribution in [0.1, 0.15) is 42.1 Å². The number of fused-ring (bicyclic) bond motifs is 1. The van der Waals surface area contributed by atoms with Gasteiger partial charge in [0, 0.05) is 5.56 Å². The third kappa shape index (κ3) is 6.56. The van der Waals surface area contributed by atoms with E-state index in [0.29, 0.717) is 53.5 Å². The maximum atomic E-state index is 14.1. The fraction of sp³-hybridized carbons (Fsp3) is 0.212. The number of methoxy groups -OCH3 is 2. The predicted molar refractivity (Wildman–Crippen MR) is 182 cm³/mol. The topological polar surface area (TPSA) is 112 Å². The number of esters is 1. The normalized spacial score (nSPS) is 14.3. The molecule has 1 aromatic heterocycles. The Bertz CT molecular complexity index is 2060. The van der Waals surface area contributed by atoms with Gasteiger partial charge >= 0.3 is 5.97 Å². The first-order chi connectivity index (χ1) is 21.7. The number of halogens is 2. The number of aromatic nitrogens is 1. The maximum Gasteiger partial charge on any atom is 0.338 e. The van der Waals surface area contributed by atoms with Gasteiger partial charge in [-0.15, -0.1) is 0 Å². The van der Waals surface area contributed by atoms with Crippen molar-refractivity contribution in [1.29, 1.82) is 5.26 Å². The van der Waals surface area contributed by atoms with Crippen molar-refractivity contribution in [2.24, 2.45) is 4.99 Å². The van der Waals surface area contributed by atoms with Crippen molar-refractivity contribution >= 4 is 61.9 Å². The predicted octanol–water partition coefficient (Wildman–Crippen LogP) is 5.63. The van der Waals surface area contributed by atoms with E-state index in [0.717, 1.165) is 14.7 Å². The van der Waals surface area contributed by atoms with E-state index < -0.39 is 12.0 Å². The lowest BCUT2D eigenvalue weighted by molar-refractivity contribution is -0.139. The molecule has 12 heteroatoms. The molecule has 5 rings (SSSR count). The van der Waals surface area contributed by atoms with Crippen molar-refractivity contribution < 1.29 is 23.7 Å². The summed E-state index contributed by atoms with van der Waals surface area (Å²) < 4.78 is 26.0. The second-order valence-electron chi connectivity index (χ2n) is 9.79. The molecule has 1 aliphatic heterocycles. The summed E-state index contributed by atoms with van der Waals surface area (Å²) in [6.07, 6.45) is 1.77. The lowest BCUT2D eigenvalue weighted by atomic mass is 9.96.